The van der Waals surface area contributed by atoms with Crippen LogP contribution >= 0.6 is 11.3 Å². The first kappa shape index (κ1) is 19.0. The summed E-state index contributed by atoms with van der Waals surface area (Å²) in [7, 11) is -2.16. The molecule has 11 heteroatoms. The largest absolute Gasteiger partial charge is 0.468 e. The van der Waals surface area contributed by atoms with Crippen LogP contribution in [0.3, 0.4) is 0 Å². The summed E-state index contributed by atoms with van der Waals surface area (Å²) in [6.07, 6.45) is 1.10. The predicted octanol–water partition coefficient (Wildman–Crippen LogP) is 1.32. The summed E-state index contributed by atoms with van der Waals surface area (Å²) in [5, 5.41) is 3.64. The first-order valence-corrected chi connectivity index (χ1v) is 10.3. The Morgan fingerprint density at radius 2 is 2.07 bits per heavy atom. The van der Waals surface area contributed by atoms with Gasteiger partial charge in [0.2, 0.25) is 5.76 Å². The van der Waals surface area contributed by atoms with Crippen molar-refractivity contribution in [3.63, 3.8) is 0 Å². The average molecular weight is 409 g/mol. The van der Waals surface area contributed by atoms with E-state index in [0.717, 1.165) is 17.6 Å². The number of thiazole rings is 1. The number of carbonyl (C=O) groups is 2. The highest BCUT2D eigenvalue weighted by atomic mass is 32.2. The van der Waals surface area contributed by atoms with Gasteiger partial charge in [0.25, 0.3) is 0 Å². The molecule has 3 rings (SSSR count). The molecular formula is C16H15N3O6S2. The van der Waals surface area contributed by atoms with Crippen LogP contribution < -0.4 is 4.80 Å². The topological polar surface area (TPSA) is 121 Å². The second-order valence-electron chi connectivity index (χ2n) is 5.70. The van der Waals surface area contributed by atoms with E-state index in [9.17, 15) is 18.0 Å². The third kappa shape index (κ3) is 3.98. The molecule has 0 unspecified atom stereocenters. The molecule has 0 atom stereocenters. The van der Waals surface area contributed by atoms with Crippen LogP contribution in [0.4, 0.5) is 0 Å². The van der Waals surface area contributed by atoms with Gasteiger partial charge in [0.15, 0.2) is 14.6 Å². The molecule has 1 aromatic carbocycles. The fraction of sp³-hybridized carbons (Fsp3) is 0.250. The number of methoxy groups -OCH3 is 1. The molecule has 0 saturated heterocycles. The molecule has 27 heavy (non-hydrogen) atoms. The van der Waals surface area contributed by atoms with Crippen molar-refractivity contribution in [2.75, 3.05) is 13.4 Å². The second kappa shape index (κ2) is 7.08. The van der Waals surface area contributed by atoms with Crippen LogP contribution in [0.5, 0.6) is 0 Å². The van der Waals surface area contributed by atoms with Gasteiger partial charge in [-0.15, -0.1) is 0 Å². The lowest BCUT2D eigenvalue weighted by atomic mass is 10.3. The molecule has 142 valence electrons. The molecule has 0 N–H and O–H groups in total. The van der Waals surface area contributed by atoms with Gasteiger partial charge in [-0.2, -0.15) is 4.99 Å². The molecule has 0 aliphatic rings. The zero-order chi connectivity index (χ0) is 19.8. The SMILES string of the molecule is COC(=O)Cn1c(=NC(=O)c2cc(C)no2)sc2cc(S(C)(=O)=O)ccc21. The zero-order valence-electron chi connectivity index (χ0n) is 14.6. The van der Waals surface area contributed by atoms with Gasteiger partial charge in [0, 0.05) is 12.3 Å². The number of carbonyl (C=O) groups excluding carboxylic acids is 2. The highest BCUT2D eigenvalue weighted by Gasteiger charge is 2.16. The number of aryl methyl sites for hydroxylation is 1. The third-order valence-electron chi connectivity index (χ3n) is 3.63. The summed E-state index contributed by atoms with van der Waals surface area (Å²) >= 11 is 1.08. The minimum absolute atomic E-state index is 0.0357. The Morgan fingerprint density at radius 1 is 1.33 bits per heavy atom. The van der Waals surface area contributed by atoms with E-state index in [-0.39, 0.29) is 22.0 Å². The molecule has 2 aromatic heterocycles. The number of ether oxygens (including phenoxy) is 1. The van der Waals surface area contributed by atoms with Crippen molar-refractivity contribution < 1.29 is 27.3 Å². The number of nitrogens with zero attached hydrogens (tertiary/aromatic N) is 3. The number of hydrogen-bond acceptors (Lipinski definition) is 8. The van der Waals surface area contributed by atoms with Crippen LogP contribution in [0.15, 0.2) is 38.7 Å². The molecule has 3 aromatic rings. The minimum Gasteiger partial charge on any atom is -0.468 e. The van der Waals surface area contributed by atoms with Gasteiger partial charge in [0.1, 0.15) is 6.54 Å². The third-order valence-corrected chi connectivity index (χ3v) is 5.78. The van der Waals surface area contributed by atoms with Gasteiger partial charge in [0.05, 0.1) is 27.9 Å². The van der Waals surface area contributed by atoms with Crippen LogP contribution in [0.25, 0.3) is 10.2 Å². The quantitative estimate of drug-likeness (QED) is 0.596. The van der Waals surface area contributed by atoms with Gasteiger partial charge in [-0.05, 0) is 25.1 Å². The van der Waals surface area contributed by atoms with E-state index >= 15 is 0 Å². The van der Waals surface area contributed by atoms with Crippen molar-refractivity contribution in [1.29, 1.82) is 0 Å². The maximum Gasteiger partial charge on any atom is 0.325 e. The number of amides is 1. The Labute approximate surface area is 157 Å². The fourth-order valence-electron chi connectivity index (χ4n) is 2.32. The summed E-state index contributed by atoms with van der Waals surface area (Å²) in [4.78, 5) is 28.4. The van der Waals surface area contributed by atoms with Crippen LogP contribution in [0, 0.1) is 6.92 Å². The van der Waals surface area contributed by atoms with E-state index in [2.05, 4.69) is 10.1 Å². The summed E-state index contributed by atoms with van der Waals surface area (Å²) in [5.74, 6) is -1.23. The molecule has 0 aliphatic carbocycles. The van der Waals surface area contributed by atoms with Gasteiger partial charge < -0.3 is 13.8 Å². The Bertz CT molecular complexity index is 1220. The summed E-state index contributed by atoms with van der Waals surface area (Å²) in [6, 6.07) is 5.92. The van der Waals surface area contributed by atoms with Crippen LogP contribution in [0.1, 0.15) is 16.2 Å². The monoisotopic (exact) mass is 409 g/mol. The van der Waals surface area contributed by atoms with Crippen molar-refractivity contribution in [2.24, 2.45) is 4.99 Å². The number of benzene rings is 1. The zero-order valence-corrected chi connectivity index (χ0v) is 16.3. The van der Waals surface area contributed by atoms with Crippen molar-refractivity contribution >= 4 is 43.3 Å². The van der Waals surface area contributed by atoms with Crippen molar-refractivity contribution in [3.05, 3.63) is 40.5 Å². The van der Waals surface area contributed by atoms with Gasteiger partial charge >= 0.3 is 11.9 Å². The fourth-order valence-corrected chi connectivity index (χ4v) is 4.11. The van der Waals surface area contributed by atoms with Crippen LogP contribution in [-0.2, 0) is 25.9 Å². The van der Waals surface area contributed by atoms with Crippen LogP contribution in [-0.4, -0.2) is 43.4 Å². The summed E-state index contributed by atoms with van der Waals surface area (Å²) in [6.45, 7) is 1.49. The maximum atomic E-state index is 12.3. The number of esters is 1. The first-order valence-electron chi connectivity index (χ1n) is 7.61. The molecule has 0 fully saturated rings. The Kier molecular flexibility index (Phi) is 4.98. The summed E-state index contributed by atoms with van der Waals surface area (Å²) in [5.41, 5.74) is 1.09. The molecule has 2 heterocycles. The normalized spacial score (nSPS) is 12.5. The van der Waals surface area contributed by atoms with Crippen LogP contribution in [0.2, 0.25) is 0 Å². The molecule has 0 radical (unpaired) electrons. The molecule has 0 spiro atoms. The lowest BCUT2D eigenvalue weighted by Crippen LogP contribution is -2.22. The molecule has 0 aliphatic heterocycles. The highest BCUT2D eigenvalue weighted by molar-refractivity contribution is 7.90. The predicted molar refractivity (Wildman–Crippen MR) is 96.1 cm³/mol. The number of rotatable bonds is 4. The molecular weight excluding hydrogens is 394 g/mol. The minimum atomic E-state index is -3.40. The number of fused-ring (bicyclic) bond motifs is 1. The number of aromatic nitrogens is 2. The summed E-state index contributed by atoms with van der Waals surface area (Å²) < 4.78 is 35.2. The molecule has 9 nitrogen and oxygen atoms in total. The van der Waals surface area contributed by atoms with E-state index < -0.39 is 21.7 Å². The first-order chi connectivity index (χ1) is 12.7. The van der Waals surface area contributed by atoms with Crippen molar-refractivity contribution in [3.8, 4) is 0 Å². The Hall–Kier alpha value is -2.79. The van der Waals surface area contributed by atoms with E-state index in [1.807, 2.05) is 0 Å². The molecule has 1 amide bonds. The Morgan fingerprint density at radius 3 is 2.67 bits per heavy atom. The lowest BCUT2D eigenvalue weighted by Gasteiger charge is -2.04. The van der Waals surface area contributed by atoms with Crippen molar-refractivity contribution in [1.82, 2.24) is 9.72 Å². The van der Waals surface area contributed by atoms with E-state index in [1.165, 1.54) is 29.9 Å². The van der Waals surface area contributed by atoms with Gasteiger partial charge in [-0.25, -0.2) is 8.42 Å². The van der Waals surface area contributed by atoms with E-state index in [0.29, 0.717) is 15.9 Å². The molecule has 0 saturated carbocycles. The second-order valence-corrected chi connectivity index (χ2v) is 8.72. The smallest absolute Gasteiger partial charge is 0.325 e. The highest BCUT2D eigenvalue weighted by Crippen LogP contribution is 2.22. The van der Waals surface area contributed by atoms with E-state index in [4.69, 9.17) is 9.26 Å². The van der Waals surface area contributed by atoms with E-state index in [1.54, 1.807) is 13.0 Å². The van der Waals surface area contributed by atoms with Crippen molar-refractivity contribution in [2.45, 2.75) is 18.4 Å². The lowest BCUT2D eigenvalue weighted by molar-refractivity contribution is -0.141. The standard InChI is InChI=1S/C16H15N3O6S2/c1-9-6-12(25-18-9)15(21)17-16-19(8-14(20)24-2)11-5-4-10(27(3,22)23)7-13(11)26-16/h4-7H,8H2,1-3H3. The number of hydrogen-bond donors (Lipinski definition) is 0. The Balaban J connectivity index is 2.19. The van der Waals surface area contributed by atoms with Gasteiger partial charge in [-0.3, -0.25) is 9.59 Å². The average Bonchev–Trinajstić information content (AvgIpc) is 3.17. The molecule has 0 bridgehead atoms. The maximum absolute atomic E-state index is 12.3. The van der Waals surface area contributed by atoms with Gasteiger partial charge in [-0.1, -0.05) is 16.5 Å². The number of sulfone groups is 1.